The fraction of sp³-hybridized carbons (Fsp3) is 0.0889. The molecule has 0 atom stereocenters. The van der Waals surface area contributed by atoms with Crippen LogP contribution in [0.25, 0.3) is 44.2 Å². The van der Waals surface area contributed by atoms with Crippen LogP contribution in [0.4, 0.5) is 11.5 Å². The molecule has 2 aromatic heterocycles. The third-order valence-corrected chi connectivity index (χ3v) is 9.80. The molecule has 0 N–H and O–H groups in total. The topological polar surface area (TPSA) is 21.1 Å². The second-order valence-electron chi connectivity index (χ2n) is 13.0. The number of rotatable bonds is 7. The zero-order valence-corrected chi connectivity index (χ0v) is 27.6. The highest BCUT2D eigenvalue weighted by Gasteiger charge is 2.35. The molecule has 0 spiro atoms. The Hall–Kier alpha value is -5.93. The molecular weight excluding hydrogens is 583 g/mol. The van der Waals surface area contributed by atoms with Crippen molar-refractivity contribution in [1.29, 1.82) is 0 Å². The predicted octanol–water partition coefficient (Wildman–Crippen LogP) is 11.8. The summed E-state index contributed by atoms with van der Waals surface area (Å²) in [6.45, 7) is 11.0. The van der Waals surface area contributed by atoms with E-state index in [4.69, 9.17) is 4.98 Å². The Bertz CT molecular complexity index is 2390. The first-order valence-electron chi connectivity index (χ1n) is 16.5. The minimum Gasteiger partial charge on any atom is -0.309 e. The molecule has 8 rings (SSSR count). The third-order valence-electron chi connectivity index (χ3n) is 9.80. The van der Waals surface area contributed by atoms with Gasteiger partial charge in [0.25, 0.3) is 0 Å². The summed E-state index contributed by atoms with van der Waals surface area (Å²) in [6.07, 6.45) is 8.15. The Balaban J connectivity index is 1.21. The molecule has 48 heavy (non-hydrogen) atoms. The zero-order chi connectivity index (χ0) is 32.8. The van der Waals surface area contributed by atoms with Crippen molar-refractivity contribution in [3.8, 4) is 16.8 Å². The summed E-state index contributed by atoms with van der Waals surface area (Å²) < 4.78 is 2.34. The highest BCUT2D eigenvalue weighted by atomic mass is 15.2. The number of hydrogen-bond donors (Lipinski definition) is 0. The molecule has 0 aliphatic heterocycles. The third kappa shape index (κ3) is 4.78. The molecule has 1 aliphatic carbocycles. The van der Waals surface area contributed by atoms with Crippen molar-refractivity contribution in [3.63, 3.8) is 0 Å². The van der Waals surface area contributed by atoms with Crippen LogP contribution in [0.1, 0.15) is 37.5 Å². The largest absolute Gasteiger partial charge is 0.309 e. The first-order chi connectivity index (χ1) is 23.5. The van der Waals surface area contributed by atoms with Crippen LogP contribution in [0.3, 0.4) is 0 Å². The van der Waals surface area contributed by atoms with Gasteiger partial charge in [-0.3, -0.25) is 4.90 Å². The highest BCUT2D eigenvalue weighted by Crippen LogP contribution is 2.50. The Kier molecular flexibility index (Phi) is 7.18. The molecule has 0 saturated heterocycles. The van der Waals surface area contributed by atoms with E-state index in [9.17, 15) is 0 Å². The van der Waals surface area contributed by atoms with Gasteiger partial charge in [-0.1, -0.05) is 111 Å². The molecule has 0 fully saturated rings. The van der Waals surface area contributed by atoms with E-state index < -0.39 is 0 Å². The summed E-state index contributed by atoms with van der Waals surface area (Å²) in [5.74, 6) is 0.878. The van der Waals surface area contributed by atoms with Crippen molar-refractivity contribution in [2.75, 3.05) is 4.90 Å². The van der Waals surface area contributed by atoms with E-state index in [1.165, 1.54) is 44.1 Å². The summed E-state index contributed by atoms with van der Waals surface area (Å²) in [5.41, 5.74) is 13.1. The average molecular weight is 620 g/mol. The number of nitrogens with zero attached hydrogens (tertiary/aromatic N) is 3. The van der Waals surface area contributed by atoms with Crippen molar-refractivity contribution >= 4 is 38.9 Å². The lowest BCUT2D eigenvalue weighted by atomic mass is 9.82. The van der Waals surface area contributed by atoms with Gasteiger partial charge in [0, 0.05) is 39.5 Å². The minimum absolute atomic E-state index is 0.0898. The van der Waals surface area contributed by atoms with Crippen molar-refractivity contribution in [1.82, 2.24) is 9.55 Å². The molecular formula is C45H37N3. The van der Waals surface area contributed by atoms with Crippen LogP contribution >= 0.6 is 0 Å². The molecule has 0 saturated carbocycles. The molecule has 7 aromatic rings. The van der Waals surface area contributed by atoms with Crippen LogP contribution in [0.15, 0.2) is 170 Å². The van der Waals surface area contributed by atoms with Crippen LogP contribution in [0, 0.1) is 0 Å². The highest BCUT2D eigenvalue weighted by molar-refractivity contribution is 6.10. The summed E-state index contributed by atoms with van der Waals surface area (Å²) in [6, 6.07) is 47.6. The number of pyridine rings is 1. The summed E-state index contributed by atoms with van der Waals surface area (Å²) in [7, 11) is 0. The fourth-order valence-electron chi connectivity index (χ4n) is 7.41. The molecule has 1 aliphatic rings. The molecule has 5 aromatic carbocycles. The van der Waals surface area contributed by atoms with E-state index in [0.29, 0.717) is 0 Å². The van der Waals surface area contributed by atoms with Gasteiger partial charge in [0.15, 0.2) is 0 Å². The van der Waals surface area contributed by atoms with Crippen LogP contribution in [-0.4, -0.2) is 9.55 Å². The second kappa shape index (κ2) is 11.7. The fourth-order valence-corrected chi connectivity index (χ4v) is 7.41. The molecule has 232 valence electrons. The van der Waals surface area contributed by atoms with Gasteiger partial charge in [0.05, 0.1) is 11.0 Å². The standard InChI is InChI=1S/C45H37N3/c1-5-32(33-24-27-43-39(29-33)38-18-10-12-20-42(38)48(43)34-15-7-6-8-16-34)23-22-31(2)47(44-21-13-14-28-46-44)35-25-26-37-36-17-9-11-19-40(36)45(3,4)41(37)30-35/h5-30H,1H2,2-4H3/b31-22+,32-23+. The lowest BCUT2D eigenvalue weighted by Crippen LogP contribution is -2.18. The van der Waals surface area contributed by atoms with Gasteiger partial charge < -0.3 is 4.57 Å². The Morgan fingerprint density at radius 3 is 2.23 bits per heavy atom. The van der Waals surface area contributed by atoms with Gasteiger partial charge in [-0.05, 0) is 101 Å². The van der Waals surface area contributed by atoms with E-state index >= 15 is 0 Å². The lowest BCUT2D eigenvalue weighted by Gasteiger charge is -2.27. The summed E-state index contributed by atoms with van der Waals surface area (Å²) in [5, 5.41) is 2.45. The normalized spacial score (nSPS) is 13.8. The number of hydrogen-bond acceptors (Lipinski definition) is 2. The molecule has 0 radical (unpaired) electrons. The Morgan fingerprint density at radius 2 is 1.42 bits per heavy atom. The lowest BCUT2D eigenvalue weighted by molar-refractivity contribution is 0.660. The number of anilines is 2. The van der Waals surface area contributed by atoms with Gasteiger partial charge in [0.1, 0.15) is 5.82 Å². The van der Waals surface area contributed by atoms with Crippen LogP contribution in [0.5, 0.6) is 0 Å². The molecule has 3 nitrogen and oxygen atoms in total. The van der Waals surface area contributed by atoms with Crippen LogP contribution in [-0.2, 0) is 5.41 Å². The van der Waals surface area contributed by atoms with Crippen molar-refractivity contribution in [3.05, 3.63) is 187 Å². The summed E-state index contributed by atoms with van der Waals surface area (Å²) >= 11 is 0. The molecule has 2 heterocycles. The number of para-hydroxylation sites is 2. The minimum atomic E-state index is -0.0898. The van der Waals surface area contributed by atoms with Crippen molar-refractivity contribution in [2.24, 2.45) is 0 Å². The number of allylic oxidation sites excluding steroid dienone is 5. The maximum absolute atomic E-state index is 4.78. The second-order valence-corrected chi connectivity index (χ2v) is 13.0. The zero-order valence-electron chi connectivity index (χ0n) is 27.6. The first-order valence-corrected chi connectivity index (χ1v) is 16.5. The van der Waals surface area contributed by atoms with E-state index in [1.807, 2.05) is 24.4 Å². The quantitative estimate of drug-likeness (QED) is 0.166. The number of aromatic nitrogens is 2. The number of benzene rings is 5. The average Bonchev–Trinajstić information content (AvgIpc) is 3.58. The van der Waals surface area contributed by atoms with Crippen molar-refractivity contribution in [2.45, 2.75) is 26.2 Å². The van der Waals surface area contributed by atoms with Crippen LogP contribution in [0.2, 0.25) is 0 Å². The maximum atomic E-state index is 4.78. The Labute approximate surface area is 282 Å². The maximum Gasteiger partial charge on any atom is 0.137 e. The predicted molar refractivity (Wildman–Crippen MR) is 203 cm³/mol. The van der Waals surface area contributed by atoms with Gasteiger partial charge in [-0.25, -0.2) is 4.98 Å². The van der Waals surface area contributed by atoms with Gasteiger partial charge in [0.2, 0.25) is 0 Å². The van der Waals surface area contributed by atoms with E-state index in [2.05, 4.69) is 170 Å². The van der Waals surface area contributed by atoms with E-state index in [-0.39, 0.29) is 5.41 Å². The molecule has 0 unspecified atom stereocenters. The Morgan fingerprint density at radius 1 is 0.688 bits per heavy atom. The van der Waals surface area contributed by atoms with E-state index in [1.54, 1.807) is 0 Å². The summed E-state index contributed by atoms with van der Waals surface area (Å²) in [4.78, 5) is 7.03. The monoisotopic (exact) mass is 619 g/mol. The molecule has 0 bridgehead atoms. The molecule has 0 amide bonds. The van der Waals surface area contributed by atoms with Crippen LogP contribution < -0.4 is 4.90 Å². The van der Waals surface area contributed by atoms with Gasteiger partial charge in [-0.2, -0.15) is 0 Å². The first kappa shape index (κ1) is 29.5. The number of fused-ring (bicyclic) bond motifs is 6. The van der Waals surface area contributed by atoms with E-state index in [0.717, 1.165) is 34.0 Å². The SMILES string of the molecule is C=C/C(=C\C=C(/C)N(c1ccc2c(c1)C(C)(C)c1ccccc1-2)c1ccccn1)c1ccc2c(c1)c1ccccc1n2-c1ccccc1. The smallest absolute Gasteiger partial charge is 0.137 e. The van der Waals surface area contributed by atoms with Gasteiger partial charge >= 0.3 is 0 Å². The van der Waals surface area contributed by atoms with Gasteiger partial charge in [-0.15, -0.1) is 0 Å². The molecule has 3 heteroatoms. The van der Waals surface area contributed by atoms with Crippen molar-refractivity contribution < 1.29 is 0 Å².